The fraction of sp³-hybridized carbons (Fsp3) is 0.444. The van der Waals surface area contributed by atoms with E-state index in [1.807, 2.05) is 31.2 Å². The van der Waals surface area contributed by atoms with Crippen molar-refractivity contribution in [2.45, 2.75) is 33.6 Å². The molecule has 0 unspecified atom stereocenters. The van der Waals surface area contributed by atoms with Gasteiger partial charge in [-0.1, -0.05) is 13.8 Å². The van der Waals surface area contributed by atoms with Gasteiger partial charge in [-0.15, -0.1) is 0 Å². The first-order valence-electron chi connectivity index (χ1n) is 8.03. The summed E-state index contributed by atoms with van der Waals surface area (Å²) in [5.74, 6) is 2.59. The summed E-state index contributed by atoms with van der Waals surface area (Å²) in [6.45, 7) is 7.43. The van der Waals surface area contributed by atoms with E-state index in [1.54, 1.807) is 6.20 Å². The quantitative estimate of drug-likeness (QED) is 0.810. The van der Waals surface area contributed by atoms with Crippen LogP contribution in [-0.2, 0) is 11.2 Å². The highest BCUT2D eigenvalue weighted by molar-refractivity contribution is 5.76. The van der Waals surface area contributed by atoms with Gasteiger partial charge in [0, 0.05) is 24.9 Å². The van der Waals surface area contributed by atoms with Gasteiger partial charge in [0.1, 0.15) is 5.75 Å². The standard InChI is InChI=1S/C18H24N2O3/c1-4-22-15-7-5-14(6-8-15)16-12-20-18(23-16)10-9-17(21)19-11-13(2)3/h5-8,12-13H,4,9-11H2,1-3H3,(H,19,21). The van der Waals surface area contributed by atoms with Crippen LogP contribution >= 0.6 is 0 Å². The van der Waals surface area contributed by atoms with Crippen LogP contribution in [-0.4, -0.2) is 24.0 Å². The molecule has 0 aliphatic carbocycles. The third-order valence-electron chi connectivity index (χ3n) is 3.28. The maximum Gasteiger partial charge on any atom is 0.220 e. The van der Waals surface area contributed by atoms with Crippen LogP contribution < -0.4 is 10.1 Å². The van der Waals surface area contributed by atoms with Gasteiger partial charge in [-0.25, -0.2) is 4.98 Å². The zero-order chi connectivity index (χ0) is 16.7. The number of ether oxygens (including phenoxy) is 1. The van der Waals surface area contributed by atoms with E-state index < -0.39 is 0 Å². The number of benzene rings is 1. The Kier molecular flexibility index (Phi) is 6.20. The molecule has 23 heavy (non-hydrogen) atoms. The molecule has 1 N–H and O–H groups in total. The van der Waals surface area contributed by atoms with Gasteiger partial charge in [-0.3, -0.25) is 4.79 Å². The number of oxazole rings is 1. The van der Waals surface area contributed by atoms with Crippen LogP contribution in [0, 0.1) is 5.92 Å². The summed E-state index contributed by atoms with van der Waals surface area (Å²) < 4.78 is 11.1. The molecule has 0 atom stereocenters. The Morgan fingerprint density at radius 2 is 2.04 bits per heavy atom. The Morgan fingerprint density at radius 3 is 2.70 bits per heavy atom. The molecule has 1 amide bonds. The topological polar surface area (TPSA) is 64.4 Å². The second kappa shape index (κ2) is 8.36. The van der Waals surface area contributed by atoms with Gasteiger partial charge < -0.3 is 14.5 Å². The van der Waals surface area contributed by atoms with Gasteiger partial charge in [0.2, 0.25) is 5.91 Å². The van der Waals surface area contributed by atoms with E-state index in [0.717, 1.165) is 11.3 Å². The lowest BCUT2D eigenvalue weighted by Crippen LogP contribution is -2.27. The van der Waals surface area contributed by atoms with Crippen molar-refractivity contribution < 1.29 is 13.9 Å². The minimum atomic E-state index is 0.0273. The van der Waals surface area contributed by atoms with Crippen molar-refractivity contribution in [2.75, 3.05) is 13.2 Å². The smallest absolute Gasteiger partial charge is 0.220 e. The van der Waals surface area contributed by atoms with E-state index >= 15 is 0 Å². The molecule has 0 fully saturated rings. The number of carbonyl (C=O) groups excluding carboxylic acids is 1. The number of aromatic nitrogens is 1. The second-order valence-corrected chi connectivity index (χ2v) is 5.77. The number of hydrogen-bond acceptors (Lipinski definition) is 4. The first-order chi connectivity index (χ1) is 11.1. The minimum absolute atomic E-state index is 0.0273. The van der Waals surface area contributed by atoms with Crippen molar-refractivity contribution in [2.24, 2.45) is 5.92 Å². The Labute approximate surface area is 137 Å². The molecule has 2 rings (SSSR count). The number of amides is 1. The van der Waals surface area contributed by atoms with Crippen LogP contribution in [0.4, 0.5) is 0 Å². The molecule has 1 aromatic carbocycles. The van der Waals surface area contributed by atoms with Crippen molar-refractivity contribution in [3.63, 3.8) is 0 Å². The normalized spacial score (nSPS) is 10.8. The monoisotopic (exact) mass is 316 g/mol. The average molecular weight is 316 g/mol. The lowest BCUT2D eigenvalue weighted by molar-refractivity contribution is -0.121. The van der Waals surface area contributed by atoms with E-state index in [-0.39, 0.29) is 5.91 Å². The zero-order valence-corrected chi connectivity index (χ0v) is 14.0. The summed E-state index contributed by atoms with van der Waals surface area (Å²) in [5.41, 5.74) is 0.941. The van der Waals surface area contributed by atoms with Crippen LogP contribution in [0.15, 0.2) is 34.9 Å². The lowest BCUT2D eigenvalue weighted by Gasteiger charge is -2.06. The largest absolute Gasteiger partial charge is 0.494 e. The maximum atomic E-state index is 11.7. The molecular formula is C18H24N2O3. The maximum absolute atomic E-state index is 11.7. The molecule has 0 aliphatic heterocycles. The van der Waals surface area contributed by atoms with Gasteiger partial charge >= 0.3 is 0 Å². The summed E-state index contributed by atoms with van der Waals surface area (Å²) in [7, 11) is 0. The summed E-state index contributed by atoms with van der Waals surface area (Å²) >= 11 is 0. The van der Waals surface area contributed by atoms with Gasteiger partial charge in [0.15, 0.2) is 11.7 Å². The zero-order valence-electron chi connectivity index (χ0n) is 14.0. The van der Waals surface area contributed by atoms with Crippen molar-refractivity contribution >= 4 is 5.91 Å². The predicted octanol–water partition coefficient (Wildman–Crippen LogP) is 3.45. The van der Waals surface area contributed by atoms with E-state index in [1.165, 1.54) is 0 Å². The molecule has 0 saturated carbocycles. The fourth-order valence-electron chi connectivity index (χ4n) is 2.07. The molecule has 0 radical (unpaired) electrons. The van der Waals surface area contributed by atoms with Crippen LogP contribution in [0.5, 0.6) is 5.75 Å². The van der Waals surface area contributed by atoms with Crippen molar-refractivity contribution in [1.82, 2.24) is 10.3 Å². The Morgan fingerprint density at radius 1 is 1.30 bits per heavy atom. The third-order valence-corrected chi connectivity index (χ3v) is 3.28. The number of aryl methyl sites for hydroxylation is 1. The van der Waals surface area contributed by atoms with Crippen molar-refractivity contribution in [3.05, 3.63) is 36.4 Å². The highest BCUT2D eigenvalue weighted by Crippen LogP contribution is 2.23. The highest BCUT2D eigenvalue weighted by Gasteiger charge is 2.09. The van der Waals surface area contributed by atoms with E-state index in [0.29, 0.717) is 43.6 Å². The van der Waals surface area contributed by atoms with Gasteiger partial charge in [0.05, 0.1) is 12.8 Å². The van der Waals surface area contributed by atoms with Crippen molar-refractivity contribution in [3.8, 4) is 17.1 Å². The molecule has 0 bridgehead atoms. The average Bonchev–Trinajstić information content (AvgIpc) is 3.01. The van der Waals surface area contributed by atoms with Crippen LogP contribution in [0.1, 0.15) is 33.1 Å². The second-order valence-electron chi connectivity index (χ2n) is 5.77. The molecule has 2 aromatic rings. The van der Waals surface area contributed by atoms with Crippen LogP contribution in [0.2, 0.25) is 0 Å². The molecule has 0 saturated heterocycles. The molecule has 0 spiro atoms. The summed E-state index contributed by atoms with van der Waals surface area (Å²) in [6, 6.07) is 7.68. The number of nitrogens with zero attached hydrogens (tertiary/aromatic N) is 1. The van der Waals surface area contributed by atoms with E-state index in [4.69, 9.17) is 9.15 Å². The molecule has 124 valence electrons. The van der Waals surface area contributed by atoms with Gasteiger partial charge in [-0.2, -0.15) is 0 Å². The molecular weight excluding hydrogens is 292 g/mol. The highest BCUT2D eigenvalue weighted by atomic mass is 16.5. The van der Waals surface area contributed by atoms with Crippen molar-refractivity contribution in [1.29, 1.82) is 0 Å². The van der Waals surface area contributed by atoms with Gasteiger partial charge in [0.25, 0.3) is 0 Å². The molecule has 1 heterocycles. The first kappa shape index (κ1) is 17.1. The van der Waals surface area contributed by atoms with Gasteiger partial charge in [-0.05, 0) is 37.1 Å². The first-order valence-corrected chi connectivity index (χ1v) is 8.03. The number of carbonyl (C=O) groups is 1. The van der Waals surface area contributed by atoms with E-state index in [2.05, 4.69) is 24.1 Å². The lowest BCUT2D eigenvalue weighted by atomic mass is 10.2. The number of nitrogens with one attached hydrogen (secondary N) is 1. The molecule has 5 nitrogen and oxygen atoms in total. The Balaban J connectivity index is 1.88. The summed E-state index contributed by atoms with van der Waals surface area (Å²) in [6.07, 6.45) is 2.58. The van der Waals surface area contributed by atoms with Crippen LogP contribution in [0.3, 0.4) is 0 Å². The fourth-order valence-corrected chi connectivity index (χ4v) is 2.07. The summed E-state index contributed by atoms with van der Waals surface area (Å²) in [4.78, 5) is 15.9. The summed E-state index contributed by atoms with van der Waals surface area (Å²) in [5, 5.41) is 2.89. The predicted molar refractivity (Wildman–Crippen MR) is 89.3 cm³/mol. The van der Waals surface area contributed by atoms with E-state index in [9.17, 15) is 4.79 Å². The Hall–Kier alpha value is -2.30. The number of hydrogen-bond donors (Lipinski definition) is 1. The number of rotatable bonds is 8. The molecule has 1 aromatic heterocycles. The molecule has 0 aliphatic rings. The van der Waals surface area contributed by atoms with Crippen LogP contribution in [0.25, 0.3) is 11.3 Å². The molecule has 5 heteroatoms. The third kappa shape index (κ3) is 5.43. The Bertz CT molecular complexity index is 617. The SMILES string of the molecule is CCOc1ccc(-c2cnc(CCC(=O)NCC(C)C)o2)cc1. The minimum Gasteiger partial charge on any atom is -0.494 e.